The van der Waals surface area contributed by atoms with Crippen molar-refractivity contribution in [3.05, 3.63) is 89.5 Å². The van der Waals surface area contributed by atoms with Crippen LogP contribution in [0.15, 0.2) is 72.8 Å². The summed E-state index contributed by atoms with van der Waals surface area (Å²) in [5.74, 6) is -0.936. The van der Waals surface area contributed by atoms with Crippen molar-refractivity contribution < 1.29 is 28.9 Å². The number of rotatable bonds is 8. The standard InChI is InChI=1S/C24H22O6/c1-28-20-13-7-6-11-17(20)19(15-22(25)30-16-9-4-3-5-10-16)23-18(24(26)27)12-8-14-21(23)29-2/h3-14,19H,15H2,1-2H3,(H,26,27). The monoisotopic (exact) mass is 406 g/mol. The molecule has 0 saturated carbocycles. The smallest absolute Gasteiger partial charge is 0.336 e. The fourth-order valence-corrected chi connectivity index (χ4v) is 3.42. The number of benzene rings is 3. The minimum atomic E-state index is -1.11. The molecule has 0 spiro atoms. The summed E-state index contributed by atoms with van der Waals surface area (Å²) in [6.07, 6.45) is -0.101. The molecular formula is C24H22O6. The predicted molar refractivity (Wildman–Crippen MR) is 111 cm³/mol. The van der Waals surface area contributed by atoms with Crippen molar-refractivity contribution in [3.8, 4) is 17.2 Å². The highest BCUT2D eigenvalue weighted by molar-refractivity contribution is 5.91. The van der Waals surface area contributed by atoms with Gasteiger partial charge in [0, 0.05) is 17.0 Å². The lowest BCUT2D eigenvalue weighted by Crippen LogP contribution is -2.18. The molecule has 1 atom stereocenters. The van der Waals surface area contributed by atoms with Crippen molar-refractivity contribution >= 4 is 11.9 Å². The van der Waals surface area contributed by atoms with Gasteiger partial charge < -0.3 is 19.3 Å². The second-order valence-electron chi connectivity index (χ2n) is 6.51. The predicted octanol–water partition coefficient (Wildman–Crippen LogP) is 4.53. The molecule has 1 N–H and O–H groups in total. The van der Waals surface area contributed by atoms with Gasteiger partial charge in [-0.05, 0) is 30.3 Å². The molecule has 3 rings (SSSR count). The molecule has 3 aromatic carbocycles. The Balaban J connectivity index is 2.10. The molecule has 0 heterocycles. The maximum Gasteiger partial charge on any atom is 0.336 e. The van der Waals surface area contributed by atoms with E-state index in [9.17, 15) is 14.7 Å². The van der Waals surface area contributed by atoms with Crippen LogP contribution in [0.5, 0.6) is 17.2 Å². The number of aromatic carboxylic acids is 1. The van der Waals surface area contributed by atoms with Gasteiger partial charge in [0.25, 0.3) is 0 Å². The summed E-state index contributed by atoms with van der Waals surface area (Å²) in [6, 6.07) is 20.7. The van der Waals surface area contributed by atoms with E-state index in [2.05, 4.69) is 0 Å². The van der Waals surface area contributed by atoms with Crippen molar-refractivity contribution in [2.24, 2.45) is 0 Å². The third-order valence-electron chi connectivity index (χ3n) is 4.72. The van der Waals surface area contributed by atoms with Crippen molar-refractivity contribution in [1.82, 2.24) is 0 Å². The maximum atomic E-state index is 12.8. The highest BCUT2D eigenvalue weighted by Gasteiger charge is 2.29. The molecule has 0 aliphatic carbocycles. The van der Waals surface area contributed by atoms with Crippen molar-refractivity contribution in [2.45, 2.75) is 12.3 Å². The van der Waals surface area contributed by atoms with Crippen LogP contribution in [0, 0.1) is 0 Å². The van der Waals surface area contributed by atoms with Crippen LogP contribution in [0.3, 0.4) is 0 Å². The SMILES string of the molecule is COc1ccccc1C(CC(=O)Oc1ccccc1)c1c(OC)cccc1C(=O)O. The van der Waals surface area contributed by atoms with E-state index in [0.29, 0.717) is 28.4 Å². The third-order valence-corrected chi connectivity index (χ3v) is 4.72. The van der Waals surface area contributed by atoms with Crippen LogP contribution < -0.4 is 14.2 Å². The molecule has 154 valence electrons. The Morgan fingerprint density at radius 3 is 2.13 bits per heavy atom. The number of carboxylic acid groups (broad SMARTS) is 1. The van der Waals surface area contributed by atoms with Gasteiger partial charge in [-0.3, -0.25) is 4.79 Å². The Labute approximate surface area is 174 Å². The molecular weight excluding hydrogens is 384 g/mol. The first kappa shape index (κ1) is 20.9. The van der Waals surface area contributed by atoms with E-state index in [-0.39, 0.29) is 12.0 Å². The largest absolute Gasteiger partial charge is 0.496 e. The molecule has 0 amide bonds. The number of hydrogen-bond acceptors (Lipinski definition) is 5. The molecule has 0 aliphatic heterocycles. The number of carbonyl (C=O) groups is 2. The van der Waals surface area contributed by atoms with E-state index in [1.54, 1.807) is 48.5 Å². The van der Waals surface area contributed by atoms with E-state index in [4.69, 9.17) is 14.2 Å². The fourth-order valence-electron chi connectivity index (χ4n) is 3.42. The van der Waals surface area contributed by atoms with Gasteiger partial charge in [-0.1, -0.05) is 42.5 Å². The number of ether oxygens (including phenoxy) is 3. The first-order chi connectivity index (χ1) is 14.5. The van der Waals surface area contributed by atoms with Gasteiger partial charge in [-0.15, -0.1) is 0 Å². The van der Waals surface area contributed by atoms with Crippen molar-refractivity contribution in [3.63, 3.8) is 0 Å². The summed E-state index contributed by atoms with van der Waals surface area (Å²) >= 11 is 0. The lowest BCUT2D eigenvalue weighted by atomic mass is 9.84. The Bertz CT molecular complexity index is 1030. The van der Waals surface area contributed by atoms with Crippen LogP contribution in [0.1, 0.15) is 33.8 Å². The lowest BCUT2D eigenvalue weighted by molar-refractivity contribution is -0.134. The molecule has 0 fully saturated rings. The quantitative estimate of drug-likeness (QED) is 0.437. The second-order valence-corrected chi connectivity index (χ2v) is 6.51. The van der Waals surface area contributed by atoms with Crippen LogP contribution in [0.2, 0.25) is 0 Å². The minimum absolute atomic E-state index is 0.0535. The number of carbonyl (C=O) groups excluding carboxylic acids is 1. The zero-order chi connectivity index (χ0) is 21.5. The number of carboxylic acids is 1. The second kappa shape index (κ2) is 9.60. The highest BCUT2D eigenvalue weighted by atomic mass is 16.5. The van der Waals surface area contributed by atoms with Crippen LogP contribution >= 0.6 is 0 Å². The number of para-hydroxylation sites is 2. The summed E-state index contributed by atoms with van der Waals surface area (Å²) in [5, 5.41) is 9.77. The molecule has 0 radical (unpaired) electrons. The Morgan fingerprint density at radius 2 is 1.47 bits per heavy atom. The summed E-state index contributed by atoms with van der Waals surface area (Å²) < 4.78 is 16.4. The number of hydrogen-bond donors (Lipinski definition) is 1. The number of methoxy groups -OCH3 is 2. The van der Waals surface area contributed by atoms with Gasteiger partial charge >= 0.3 is 11.9 Å². The van der Waals surface area contributed by atoms with Crippen LogP contribution in [-0.2, 0) is 4.79 Å². The average Bonchev–Trinajstić information content (AvgIpc) is 2.77. The highest BCUT2D eigenvalue weighted by Crippen LogP contribution is 2.40. The molecule has 30 heavy (non-hydrogen) atoms. The molecule has 0 saturated heterocycles. The zero-order valence-corrected chi connectivity index (χ0v) is 16.7. The summed E-state index contributed by atoms with van der Waals surface area (Å²) in [7, 11) is 2.99. The van der Waals surface area contributed by atoms with Gasteiger partial charge in [0.2, 0.25) is 0 Å². The molecule has 0 aromatic heterocycles. The lowest BCUT2D eigenvalue weighted by Gasteiger charge is -2.23. The first-order valence-corrected chi connectivity index (χ1v) is 9.34. The minimum Gasteiger partial charge on any atom is -0.496 e. The van der Waals surface area contributed by atoms with Crippen LogP contribution in [0.4, 0.5) is 0 Å². The maximum absolute atomic E-state index is 12.8. The first-order valence-electron chi connectivity index (χ1n) is 9.34. The topological polar surface area (TPSA) is 82.1 Å². The third kappa shape index (κ3) is 4.60. The van der Waals surface area contributed by atoms with Gasteiger partial charge in [0.15, 0.2) is 0 Å². The van der Waals surface area contributed by atoms with Crippen molar-refractivity contribution in [2.75, 3.05) is 14.2 Å². The van der Waals surface area contributed by atoms with E-state index >= 15 is 0 Å². The molecule has 0 bridgehead atoms. The van der Waals surface area contributed by atoms with Gasteiger partial charge in [-0.2, -0.15) is 0 Å². The number of esters is 1. The molecule has 1 unspecified atom stereocenters. The van der Waals surface area contributed by atoms with Crippen LogP contribution in [0.25, 0.3) is 0 Å². The van der Waals surface area contributed by atoms with E-state index in [1.807, 2.05) is 18.2 Å². The van der Waals surface area contributed by atoms with Gasteiger partial charge in [-0.25, -0.2) is 4.79 Å². The molecule has 3 aromatic rings. The average molecular weight is 406 g/mol. The van der Waals surface area contributed by atoms with Gasteiger partial charge in [0.05, 0.1) is 26.2 Å². The van der Waals surface area contributed by atoms with E-state index in [1.165, 1.54) is 20.3 Å². The van der Waals surface area contributed by atoms with E-state index < -0.39 is 17.9 Å². The summed E-state index contributed by atoms with van der Waals surface area (Å²) in [6.45, 7) is 0. The Morgan fingerprint density at radius 1 is 0.833 bits per heavy atom. The van der Waals surface area contributed by atoms with Crippen molar-refractivity contribution in [1.29, 1.82) is 0 Å². The summed E-state index contributed by atoms with van der Waals surface area (Å²) in [4.78, 5) is 24.8. The van der Waals surface area contributed by atoms with Crippen LogP contribution in [-0.4, -0.2) is 31.3 Å². The zero-order valence-electron chi connectivity index (χ0n) is 16.7. The van der Waals surface area contributed by atoms with Gasteiger partial charge in [0.1, 0.15) is 17.2 Å². The molecule has 6 heteroatoms. The summed E-state index contributed by atoms with van der Waals surface area (Å²) in [5.41, 5.74) is 1.11. The normalized spacial score (nSPS) is 11.4. The molecule has 0 aliphatic rings. The fraction of sp³-hybridized carbons (Fsp3) is 0.167. The Hall–Kier alpha value is -3.80. The Kier molecular flexibility index (Phi) is 6.70. The van der Waals surface area contributed by atoms with E-state index in [0.717, 1.165) is 0 Å². The molecule has 6 nitrogen and oxygen atoms in total.